The van der Waals surface area contributed by atoms with Crippen molar-refractivity contribution in [2.45, 2.75) is 32.7 Å². The lowest BCUT2D eigenvalue weighted by molar-refractivity contribution is -0.122. The van der Waals surface area contributed by atoms with Crippen molar-refractivity contribution in [1.82, 2.24) is 25.5 Å². The average molecular weight is 379 g/mol. The van der Waals surface area contributed by atoms with Crippen LogP contribution >= 0.6 is 0 Å². The van der Waals surface area contributed by atoms with Crippen LogP contribution in [0, 0.1) is 0 Å². The van der Waals surface area contributed by atoms with Crippen molar-refractivity contribution >= 4 is 5.91 Å². The molecule has 0 atom stereocenters. The van der Waals surface area contributed by atoms with Crippen LogP contribution in [-0.4, -0.2) is 39.8 Å². The van der Waals surface area contributed by atoms with Gasteiger partial charge in [0.05, 0.1) is 7.11 Å². The van der Waals surface area contributed by atoms with E-state index in [-0.39, 0.29) is 12.5 Å². The molecule has 1 heterocycles. The van der Waals surface area contributed by atoms with Crippen LogP contribution in [0.15, 0.2) is 48.5 Å². The van der Waals surface area contributed by atoms with Crippen molar-refractivity contribution in [3.05, 3.63) is 59.7 Å². The van der Waals surface area contributed by atoms with Gasteiger partial charge in [-0.2, -0.15) is 4.80 Å². The fourth-order valence-electron chi connectivity index (χ4n) is 2.87. The van der Waals surface area contributed by atoms with Gasteiger partial charge in [-0.3, -0.25) is 4.79 Å². The number of ether oxygens (including phenoxy) is 1. The Morgan fingerprint density at radius 3 is 2.61 bits per heavy atom. The quantitative estimate of drug-likeness (QED) is 0.651. The minimum absolute atomic E-state index is 0.0308. The number of nitrogens with one attached hydrogen (secondary N) is 1. The third kappa shape index (κ3) is 4.94. The van der Waals surface area contributed by atoms with Gasteiger partial charge in [-0.1, -0.05) is 56.3 Å². The van der Waals surface area contributed by atoms with Crippen LogP contribution < -0.4 is 10.1 Å². The number of hydrogen-bond acceptors (Lipinski definition) is 5. The SMILES string of the molecule is COc1ccccc1CCNC(=O)Cn1nnc(-c2ccc(C(C)C)cc2)n1. The number of benzene rings is 2. The van der Waals surface area contributed by atoms with Crippen LogP contribution in [0.2, 0.25) is 0 Å². The molecule has 0 spiro atoms. The van der Waals surface area contributed by atoms with Crippen LogP contribution in [0.4, 0.5) is 0 Å². The van der Waals surface area contributed by atoms with Gasteiger partial charge in [-0.15, -0.1) is 10.2 Å². The Labute approximate surface area is 164 Å². The zero-order valence-corrected chi connectivity index (χ0v) is 16.4. The summed E-state index contributed by atoms with van der Waals surface area (Å²) in [6.07, 6.45) is 0.688. The van der Waals surface area contributed by atoms with E-state index >= 15 is 0 Å². The molecule has 0 saturated heterocycles. The first-order valence-corrected chi connectivity index (χ1v) is 9.33. The topological polar surface area (TPSA) is 81.9 Å². The van der Waals surface area contributed by atoms with Gasteiger partial charge in [0, 0.05) is 12.1 Å². The van der Waals surface area contributed by atoms with Crippen molar-refractivity contribution in [3.8, 4) is 17.1 Å². The van der Waals surface area contributed by atoms with Crippen molar-refractivity contribution in [1.29, 1.82) is 0 Å². The number of para-hydroxylation sites is 1. The first-order valence-electron chi connectivity index (χ1n) is 9.33. The normalized spacial score (nSPS) is 10.9. The molecule has 1 aromatic heterocycles. The Morgan fingerprint density at radius 2 is 1.89 bits per heavy atom. The summed E-state index contributed by atoms with van der Waals surface area (Å²) in [6, 6.07) is 15.8. The number of hydrogen-bond donors (Lipinski definition) is 1. The van der Waals surface area contributed by atoms with Gasteiger partial charge < -0.3 is 10.1 Å². The molecule has 0 saturated carbocycles. The molecule has 3 aromatic rings. The van der Waals surface area contributed by atoms with Crippen LogP contribution in [0.25, 0.3) is 11.4 Å². The van der Waals surface area contributed by atoms with E-state index in [4.69, 9.17) is 4.74 Å². The zero-order valence-electron chi connectivity index (χ0n) is 16.4. The van der Waals surface area contributed by atoms with Crippen LogP contribution in [0.1, 0.15) is 30.9 Å². The average Bonchev–Trinajstić information content (AvgIpc) is 3.16. The molecule has 1 N–H and O–H groups in total. The molecule has 0 radical (unpaired) electrons. The maximum Gasteiger partial charge on any atom is 0.243 e. The van der Waals surface area contributed by atoms with E-state index in [1.165, 1.54) is 10.4 Å². The van der Waals surface area contributed by atoms with Crippen LogP contribution in [-0.2, 0) is 17.8 Å². The molecule has 3 rings (SSSR count). The molecule has 0 unspecified atom stereocenters. The molecule has 146 valence electrons. The highest BCUT2D eigenvalue weighted by Gasteiger charge is 2.10. The third-order valence-corrected chi connectivity index (χ3v) is 4.48. The molecule has 28 heavy (non-hydrogen) atoms. The number of carbonyl (C=O) groups excluding carboxylic acids is 1. The van der Waals surface area contributed by atoms with Gasteiger partial charge in [-0.05, 0) is 34.7 Å². The second-order valence-electron chi connectivity index (χ2n) is 6.83. The zero-order chi connectivity index (χ0) is 19.9. The Balaban J connectivity index is 1.52. The fourth-order valence-corrected chi connectivity index (χ4v) is 2.87. The second kappa shape index (κ2) is 9.12. The molecule has 0 aliphatic rings. The van der Waals surface area contributed by atoms with Crippen molar-refractivity contribution in [2.75, 3.05) is 13.7 Å². The molecule has 7 heteroatoms. The summed E-state index contributed by atoms with van der Waals surface area (Å²) < 4.78 is 5.32. The summed E-state index contributed by atoms with van der Waals surface area (Å²) in [4.78, 5) is 13.5. The molecule has 0 bridgehead atoms. The van der Waals surface area contributed by atoms with E-state index in [2.05, 4.69) is 46.7 Å². The standard InChI is InChI=1S/C21H25N5O2/c1-15(2)16-8-10-18(11-9-16)21-23-25-26(24-21)14-20(27)22-13-12-17-6-4-5-7-19(17)28-3/h4-11,15H,12-14H2,1-3H3,(H,22,27). The molecule has 0 fully saturated rings. The Bertz CT molecular complexity index is 919. The van der Waals surface area contributed by atoms with E-state index in [0.29, 0.717) is 24.7 Å². The van der Waals surface area contributed by atoms with Crippen LogP contribution in [0.5, 0.6) is 5.75 Å². The summed E-state index contributed by atoms with van der Waals surface area (Å²) in [7, 11) is 1.64. The fraction of sp³-hybridized carbons (Fsp3) is 0.333. The maximum atomic E-state index is 12.2. The maximum absolute atomic E-state index is 12.2. The van der Waals surface area contributed by atoms with E-state index in [9.17, 15) is 4.79 Å². The van der Waals surface area contributed by atoms with Gasteiger partial charge in [0.25, 0.3) is 0 Å². The Hall–Kier alpha value is -3.22. The Morgan fingerprint density at radius 1 is 1.14 bits per heavy atom. The number of rotatable bonds is 8. The molecule has 2 aromatic carbocycles. The van der Waals surface area contributed by atoms with Crippen molar-refractivity contribution in [3.63, 3.8) is 0 Å². The highest BCUT2D eigenvalue weighted by atomic mass is 16.5. The van der Waals surface area contributed by atoms with E-state index < -0.39 is 0 Å². The summed E-state index contributed by atoms with van der Waals surface area (Å²) in [5, 5.41) is 15.2. The predicted octanol–water partition coefficient (Wildman–Crippen LogP) is 2.83. The number of tetrazole rings is 1. The lowest BCUT2D eigenvalue weighted by Crippen LogP contribution is -2.30. The summed E-state index contributed by atoms with van der Waals surface area (Å²) in [6.45, 7) is 4.84. The van der Waals surface area contributed by atoms with Crippen molar-refractivity contribution < 1.29 is 9.53 Å². The number of amides is 1. The highest BCUT2D eigenvalue weighted by molar-refractivity contribution is 5.75. The van der Waals surface area contributed by atoms with Gasteiger partial charge in [-0.25, -0.2) is 0 Å². The monoisotopic (exact) mass is 379 g/mol. The molecule has 1 amide bonds. The van der Waals surface area contributed by atoms with E-state index in [0.717, 1.165) is 16.9 Å². The lowest BCUT2D eigenvalue weighted by Gasteiger charge is -2.08. The van der Waals surface area contributed by atoms with Gasteiger partial charge >= 0.3 is 0 Å². The van der Waals surface area contributed by atoms with Gasteiger partial charge in [0.1, 0.15) is 12.3 Å². The molecule has 0 aliphatic heterocycles. The molecular formula is C21H25N5O2. The smallest absolute Gasteiger partial charge is 0.243 e. The summed E-state index contributed by atoms with van der Waals surface area (Å²) in [5.41, 5.74) is 3.19. The van der Waals surface area contributed by atoms with Gasteiger partial charge in [0.2, 0.25) is 11.7 Å². The summed E-state index contributed by atoms with van der Waals surface area (Å²) in [5.74, 6) is 1.64. The third-order valence-electron chi connectivity index (χ3n) is 4.48. The van der Waals surface area contributed by atoms with E-state index in [1.54, 1.807) is 7.11 Å². The predicted molar refractivity (Wildman–Crippen MR) is 107 cm³/mol. The minimum Gasteiger partial charge on any atom is -0.496 e. The summed E-state index contributed by atoms with van der Waals surface area (Å²) >= 11 is 0. The minimum atomic E-state index is -0.158. The van der Waals surface area contributed by atoms with E-state index in [1.807, 2.05) is 36.4 Å². The molecule has 7 nitrogen and oxygen atoms in total. The highest BCUT2D eigenvalue weighted by Crippen LogP contribution is 2.19. The number of nitrogens with zero attached hydrogens (tertiary/aromatic N) is 4. The molecule has 0 aliphatic carbocycles. The Kier molecular flexibility index (Phi) is 6.37. The first-order chi connectivity index (χ1) is 13.6. The van der Waals surface area contributed by atoms with Crippen LogP contribution in [0.3, 0.4) is 0 Å². The number of methoxy groups -OCH3 is 1. The largest absolute Gasteiger partial charge is 0.496 e. The number of aromatic nitrogens is 4. The van der Waals surface area contributed by atoms with Gasteiger partial charge in [0.15, 0.2) is 0 Å². The lowest BCUT2D eigenvalue weighted by atomic mass is 10.0. The van der Waals surface area contributed by atoms with Crippen molar-refractivity contribution in [2.24, 2.45) is 0 Å². The number of carbonyl (C=O) groups is 1. The first kappa shape index (κ1) is 19.5. The molecular weight excluding hydrogens is 354 g/mol. The second-order valence-corrected chi connectivity index (χ2v) is 6.83.